The molecule has 170 valence electrons. The first-order chi connectivity index (χ1) is 16.0. The summed E-state index contributed by atoms with van der Waals surface area (Å²) in [5.74, 6) is -1.92. The maximum absolute atomic E-state index is 13.3. The smallest absolute Gasteiger partial charge is 0.330 e. The van der Waals surface area contributed by atoms with Crippen molar-refractivity contribution in [2.75, 3.05) is 11.9 Å². The highest BCUT2D eigenvalue weighted by atomic mass is 16.5. The fraction of sp³-hybridized carbons (Fsp3) is 0.385. The second-order valence-corrected chi connectivity index (χ2v) is 9.16. The number of hydrogen-bond acceptors (Lipinski definition) is 5. The number of nitrogens with one attached hydrogen (secondary N) is 1. The van der Waals surface area contributed by atoms with Gasteiger partial charge < -0.3 is 10.1 Å². The first kappa shape index (κ1) is 21.4. The second kappa shape index (κ2) is 8.81. The molecular formula is C26H26N2O5. The number of ether oxygens (including phenoxy) is 1. The Morgan fingerprint density at radius 1 is 0.909 bits per heavy atom. The molecule has 1 saturated heterocycles. The van der Waals surface area contributed by atoms with Gasteiger partial charge in [0.25, 0.3) is 5.91 Å². The number of benzene rings is 2. The van der Waals surface area contributed by atoms with E-state index < -0.39 is 24.5 Å². The number of fused-ring (bicyclic) bond motifs is 5. The summed E-state index contributed by atoms with van der Waals surface area (Å²) < 4.78 is 5.31. The molecule has 2 bridgehead atoms. The fourth-order valence-electron chi connectivity index (χ4n) is 5.81. The number of nitrogens with zero attached hydrogens (tertiary/aromatic N) is 1. The van der Waals surface area contributed by atoms with Crippen LogP contribution in [0, 0.1) is 23.7 Å². The van der Waals surface area contributed by atoms with Crippen molar-refractivity contribution in [2.24, 2.45) is 23.7 Å². The van der Waals surface area contributed by atoms with Crippen LogP contribution < -0.4 is 5.32 Å². The number of carbonyl (C=O) groups is 4. The van der Waals surface area contributed by atoms with Crippen LogP contribution in [-0.4, -0.2) is 41.2 Å². The molecule has 2 saturated carbocycles. The number of amides is 3. The maximum atomic E-state index is 13.3. The van der Waals surface area contributed by atoms with Crippen molar-refractivity contribution in [3.63, 3.8) is 0 Å². The summed E-state index contributed by atoms with van der Waals surface area (Å²) >= 11 is 0. The molecule has 5 atom stereocenters. The standard InChI is InChI=1S/C26H26N2O5/c29-21(27-19-9-5-2-6-10-19)15-33-26(32)20(13-16-7-3-1-4-8-16)28-24(30)22-17-11-12-18(14-17)23(22)25(28)31/h1-10,17-18,20,22-23H,11-15H2,(H,27,29)/t17-,18-,20-,22-,23+/m0/s1. The molecule has 2 aromatic rings. The molecule has 3 aliphatic rings. The van der Waals surface area contributed by atoms with Crippen LogP contribution in [0.4, 0.5) is 5.69 Å². The summed E-state index contributed by atoms with van der Waals surface area (Å²) in [6.07, 6.45) is 3.01. The normalized spacial score (nSPS) is 26.2. The first-order valence-corrected chi connectivity index (χ1v) is 11.5. The van der Waals surface area contributed by atoms with Crippen LogP contribution in [0.1, 0.15) is 24.8 Å². The molecule has 5 rings (SSSR count). The largest absolute Gasteiger partial charge is 0.454 e. The molecule has 7 nitrogen and oxygen atoms in total. The third-order valence-electron chi connectivity index (χ3n) is 7.22. The van der Waals surface area contributed by atoms with E-state index in [9.17, 15) is 19.2 Å². The summed E-state index contributed by atoms with van der Waals surface area (Å²) in [5.41, 5.74) is 1.40. The van der Waals surface area contributed by atoms with E-state index in [1.54, 1.807) is 24.3 Å². The zero-order valence-electron chi connectivity index (χ0n) is 18.2. The monoisotopic (exact) mass is 446 g/mol. The van der Waals surface area contributed by atoms with Crippen molar-refractivity contribution in [3.05, 3.63) is 66.2 Å². The van der Waals surface area contributed by atoms with Crippen LogP contribution in [-0.2, 0) is 30.3 Å². The Bertz CT molecular complexity index is 1040. The molecular weight excluding hydrogens is 420 g/mol. The second-order valence-electron chi connectivity index (χ2n) is 9.16. The number of carbonyl (C=O) groups excluding carboxylic acids is 4. The van der Waals surface area contributed by atoms with E-state index in [4.69, 9.17) is 4.74 Å². The van der Waals surface area contributed by atoms with Crippen molar-refractivity contribution in [2.45, 2.75) is 31.7 Å². The van der Waals surface area contributed by atoms with Gasteiger partial charge in [-0.15, -0.1) is 0 Å². The lowest BCUT2D eigenvalue weighted by atomic mass is 9.81. The minimum Gasteiger partial charge on any atom is -0.454 e. The summed E-state index contributed by atoms with van der Waals surface area (Å²) in [6.45, 7) is -0.493. The van der Waals surface area contributed by atoms with E-state index in [1.165, 1.54) is 0 Å². The maximum Gasteiger partial charge on any atom is 0.330 e. The Hall–Kier alpha value is -3.48. The highest BCUT2D eigenvalue weighted by molar-refractivity contribution is 6.08. The van der Waals surface area contributed by atoms with Crippen molar-refractivity contribution < 1.29 is 23.9 Å². The molecule has 0 spiro atoms. The minimum absolute atomic E-state index is 0.159. The Kier molecular flexibility index (Phi) is 5.70. The van der Waals surface area contributed by atoms with E-state index in [0.717, 1.165) is 29.7 Å². The summed E-state index contributed by atoms with van der Waals surface area (Å²) in [6, 6.07) is 17.0. The average molecular weight is 447 g/mol. The highest BCUT2D eigenvalue weighted by Gasteiger charge is 2.62. The van der Waals surface area contributed by atoms with Crippen LogP contribution in [0.2, 0.25) is 0 Å². The fourth-order valence-corrected chi connectivity index (χ4v) is 5.81. The van der Waals surface area contributed by atoms with Gasteiger partial charge in [-0.25, -0.2) is 4.79 Å². The van der Waals surface area contributed by atoms with Gasteiger partial charge in [0.1, 0.15) is 6.04 Å². The van der Waals surface area contributed by atoms with Crippen LogP contribution in [0.5, 0.6) is 0 Å². The van der Waals surface area contributed by atoms with Crippen LogP contribution in [0.15, 0.2) is 60.7 Å². The summed E-state index contributed by atoms with van der Waals surface area (Å²) in [7, 11) is 0. The summed E-state index contributed by atoms with van der Waals surface area (Å²) in [5, 5.41) is 2.66. The number of likely N-dealkylation sites (tertiary alicyclic amines) is 1. The van der Waals surface area contributed by atoms with Gasteiger partial charge in [-0.1, -0.05) is 48.5 Å². The Labute approximate surface area is 192 Å². The topological polar surface area (TPSA) is 92.8 Å². The molecule has 1 aliphatic heterocycles. The van der Waals surface area contributed by atoms with Crippen molar-refractivity contribution in [3.8, 4) is 0 Å². The van der Waals surface area contributed by atoms with E-state index >= 15 is 0 Å². The van der Waals surface area contributed by atoms with E-state index in [2.05, 4.69) is 5.32 Å². The molecule has 33 heavy (non-hydrogen) atoms. The first-order valence-electron chi connectivity index (χ1n) is 11.5. The summed E-state index contributed by atoms with van der Waals surface area (Å²) in [4.78, 5) is 53.2. The number of para-hydroxylation sites is 1. The number of anilines is 1. The van der Waals surface area contributed by atoms with Crippen molar-refractivity contribution in [1.29, 1.82) is 0 Å². The number of imide groups is 1. The number of esters is 1. The van der Waals surface area contributed by atoms with Gasteiger partial charge in [0.15, 0.2) is 6.61 Å². The minimum atomic E-state index is -1.08. The molecule has 0 radical (unpaired) electrons. The van der Waals surface area contributed by atoms with Gasteiger partial charge >= 0.3 is 5.97 Å². The zero-order valence-corrected chi connectivity index (χ0v) is 18.2. The Morgan fingerprint density at radius 2 is 1.48 bits per heavy atom. The molecule has 3 fully saturated rings. The van der Waals surface area contributed by atoms with Crippen LogP contribution in [0.25, 0.3) is 0 Å². The average Bonchev–Trinajstić information content (AvgIpc) is 3.51. The van der Waals surface area contributed by atoms with Crippen LogP contribution >= 0.6 is 0 Å². The van der Waals surface area contributed by atoms with Crippen molar-refractivity contribution >= 4 is 29.4 Å². The highest BCUT2D eigenvalue weighted by Crippen LogP contribution is 2.56. The molecule has 7 heteroatoms. The molecule has 0 unspecified atom stereocenters. The van der Waals surface area contributed by atoms with Gasteiger partial charge in [0.05, 0.1) is 11.8 Å². The van der Waals surface area contributed by atoms with Crippen molar-refractivity contribution in [1.82, 2.24) is 4.90 Å². The van der Waals surface area contributed by atoms with Gasteiger partial charge in [0, 0.05) is 12.1 Å². The number of hydrogen-bond donors (Lipinski definition) is 1. The van der Waals surface area contributed by atoms with Gasteiger partial charge in [-0.05, 0) is 48.8 Å². The lowest BCUT2D eigenvalue weighted by Crippen LogP contribution is -2.48. The van der Waals surface area contributed by atoms with E-state index in [1.807, 2.05) is 36.4 Å². The third-order valence-corrected chi connectivity index (χ3v) is 7.22. The molecule has 3 amide bonds. The molecule has 2 aromatic carbocycles. The predicted molar refractivity (Wildman–Crippen MR) is 120 cm³/mol. The van der Waals surface area contributed by atoms with Gasteiger partial charge in [-0.3, -0.25) is 19.3 Å². The molecule has 1 N–H and O–H groups in total. The Morgan fingerprint density at radius 3 is 2.09 bits per heavy atom. The third kappa shape index (κ3) is 4.03. The SMILES string of the molecule is O=C(COC(=O)[C@H](Cc1ccccc1)N1C(=O)[C@@H]2[C@H]3CC[C@@H](C3)[C@@H]2C1=O)Nc1ccccc1. The lowest BCUT2D eigenvalue weighted by molar-refractivity contribution is -0.160. The van der Waals surface area contributed by atoms with Gasteiger partial charge in [0.2, 0.25) is 11.8 Å². The Balaban J connectivity index is 1.32. The predicted octanol–water partition coefficient (Wildman–Crippen LogP) is 2.81. The zero-order chi connectivity index (χ0) is 22.9. The van der Waals surface area contributed by atoms with Gasteiger partial charge in [-0.2, -0.15) is 0 Å². The molecule has 1 heterocycles. The van der Waals surface area contributed by atoms with E-state index in [-0.39, 0.29) is 41.9 Å². The molecule has 2 aliphatic carbocycles. The number of rotatable bonds is 7. The lowest BCUT2D eigenvalue weighted by Gasteiger charge is -2.26. The van der Waals surface area contributed by atoms with Crippen LogP contribution in [0.3, 0.4) is 0 Å². The molecule has 0 aromatic heterocycles. The quantitative estimate of drug-likeness (QED) is 0.522. The van der Waals surface area contributed by atoms with E-state index in [0.29, 0.717) is 5.69 Å².